The summed E-state index contributed by atoms with van der Waals surface area (Å²) in [5.41, 5.74) is 2.65. The van der Waals surface area contributed by atoms with Gasteiger partial charge in [0.15, 0.2) is 6.54 Å². The second-order valence-electron chi connectivity index (χ2n) is 13.9. The molecule has 1 aliphatic rings. The lowest BCUT2D eigenvalue weighted by molar-refractivity contribution is -0.889. The standard InChI is InChI=1S/C37H43N4O11S2/c1-25-23-27(36(44)52-40-32(42)15-16-33(40)43)24-26(2)35(25)51-37(45)34-28-11-5-7-13-30(28)39(31-14-8-6-12-29(31)34)18-9-21-53(46,47)38-17-20-41(3,4)19-10-22-54(48,49)50/h5-8,11-14,23-24,38H,9-10,15-22H2,1-4H3/q+1/p+1. The van der Waals surface area contributed by atoms with E-state index in [1.165, 1.54) is 12.1 Å². The van der Waals surface area contributed by atoms with E-state index in [0.717, 1.165) is 0 Å². The molecular weight excluding hydrogens is 741 g/mol. The van der Waals surface area contributed by atoms with Crippen LogP contribution < -0.4 is 14.0 Å². The number of likely N-dealkylation sites (N-methyl/N-ethyl adjacent to an activating group) is 1. The molecule has 5 rings (SSSR count). The van der Waals surface area contributed by atoms with E-state index in [0.29, 0.717) is 67.7 Å². The normalized spacial score (nSPS) is 13.9. The fraction of sp³-hybridized carbons (Fsp3) is 0.378. The number of aryl methyl sites for hydroxylation is 3. The zero-order valence-corrected chi connectivity index (χ0v) is 32.2. The number of rotatable bonds is 16. The Morgan fingerprint density at radius 3 is 1.94 bits per heavy atom. The van der Waals surface area contributed by atoms with Gasteiger partial charge in [-0.25, -0.2) is 22.7 Å². The first-order valence-electron chi connectivity index (χ1n) is 17.3. The number of nitrogens with one attached hydrogen (secondary N) is 1. The molecule has 3 aromatic carbocycles. The van der Waals surface area contributed by atoms with Crippen LogP contribution in [0, 0.1) is 13.8 Å². The summed E-state index contributed by atoms with van der Waals surface area (Å²) in [5, 5.41) is 1.65. The summed E-state index contributed by atoms with van der Waals surface area (Å²) in [4.78, 5) is 55.8. The summed E-state index contributed by atoms with van der Waals surface area (Å²) in [6.45, 7) is 4.65. The number of aromatic nitrogens is 1. The van der Waals surface area contributed by atoms with Gasteiger partial charge in [-0.05, 0) is 49.2 Å². The minimum absolute atomic E-state index is 0.0333. The summed E-state index contributed by atoms with van der Waals surface area (Å²) in [6.07, 6.45) is 0.438. The van der Waals surface area contributed by atoms with Gasteiger partial charge in [-0.1, -0.05) is 24.3 Å². The summed E-state index contributed by atoms with van der Waals surface area (Å²) in [7, 11) is -4.00. The van der Waals surface area contributed by atoms with Crippen molar-refractivity contribution in [2.75, 3.05) is 45.2 Å². The van der Waals surface area contributed by atoms with E-state index in [4.69, 9.17) is 14.1 Å². The van der Waals surface area contributed by atoms with E-state index < -0.39 is 43.9 Å². The Hall–Kier alpha value is -4.81. The van der Waals surface area contributed by atoms with Crippen LogP contribution in [-0.2, 0) is 41.1 Å². The molecule has 0 bridgehead atoms. The lowest BCUT2D eigenvalue weighted by atomic mass is 10.0. The lowest BCUT2D eigenvalue weighted by Gasteiger charge is -2.29. The first-order chi connectivity index (χ1) is 25.4. The van der Waals surface area contributed by atoms with Crippen molar-refractivity contribution in [3.8, 4) is 5.75 Å². The number of hydroxylamine groups is 2. The first-order valence-corrected chi connectivity index (χ1v) is 20.6. The van der Waals surface area contributed by atoms with Crippen molar-refractivity contribution in [2.45, 2.75) is 46.1 Å². The topological polar surface area (TPSA) is 194 Å². The highest BCUT2D eigenvalue weighted by Crippen LogP contribution is 2.30. The molecule has 288 valence electrons. The molecule has 17 heteroatoms. The second kappa shape index (κ2) is 16.3. The Morgan fingerprint density at radius 1 is 0.833 bits per heavy atom. The number of pyridine rings is 1. The molecule has 1 fully saturated rings. The first kappa shape index (κ1) is 40.4. The Labute approximate surface area is 313 Å². The van der Waals surface area contributed by atoms with Crippen LogP contribution in [-0.4, -0.2) is 99.9 Å². The average molecular weight is 785 g/mol. The number of hydrogen-bond donors (Lipinski definition) is 2. The van der Waals surface area contributed by atoms with Gasteiger partial charge in [0.1, 0.15) is 5.75 Å². The van der Waals surface area contributed by atoms with Crippen molar-refractivity contribution in [2.24, 2.45) is 0 Å². The maximum absolute atomic E-state index is 14.1. The van der Waals surface area contributed by atoms with Crippen LogP contribution in [0.3, 0.4) is 0 Å². The van der Waals surface area contributed by atoms with Crippen LogP contribution in [0.2, 0.25) is 0 Å². The molecule has 0 atom stereocenters. The molecule has 2 amide bonds. The molecular formula is C37H44N4O11S2+2. The number of hydrogen-bond acceptors (Lipinski definition) is 10. The number of benzene rings is 3. The summed E-state index contributed by atoms with van der Waals surface area (Å²) in [6, 6.07) is 17.4. The summed E-state index contributed by atoms with van der Waals surface area (Å²) in [5.74, 6) is -3.02. The molecule has 0 aliphatic carbocycles. The molecule has 0 unspecified atom stereocenters. The van der Waals surface area contributed by atoms with Gasteiger partial charge < -0.3 is 14.1 Å². The molecule has 1 saturated heterocycles. The molecule has 1 aliphatic heterocycles. The van der Waals surface area contributed by atoms with Gasteiger partial charge in [-0.15, -0.1) is 5.06 Å². The predicted molar refractivity (Wildman–Crippen MR) is 198 cm³/mol. The minimum atomic E-state index is -4.06. The van der Waals surface area contributed by atoms with Crippen LogP contribution in [0.15, 0.2) is 60.7 Å². The molecule has 0 spiro atoms. The van der Waals surface area contributed by atoms with Gasteiger partial charge in [0, 0.05) is 37.8 Å². The molecule has 1 aromatic heterocycles. The van der Waals surface area contributed by atoms with E-state index in [9.17, 15) is 36.0 Å². The highest BCUT2D eigenvalue weighted by molar-refractivity contribution is 7.89. The maximum atomic E-state index is 14.1. The van der Waals surface area contributed by atoms with Gasteiger partial charge in [-0.2, -0.15) is 13.0 Å². The largest absolute Gasteiger partial charge is 0.422 e. The van der Waals surface area contributed by atoms with Crippen LogP contribution in [0.25, 0.3) is 21.8 Å². The van der Waals surface area contributed by atoms with E-state index >= 15 is 0 Å². The number of para-hydroxylation sites is 2. The molecule has 0 saturated carbocycles. The van der Waals surface area contributed by atoms with Gasteiger partial charge in [0.25, 0.3) is 21.9 Å². The summed E-state index contributed by atoms with van der Waals surface area (Å²) < 4.78 is 67.9. The number of carbonyl (C=O) groups is 4. The fourth-order valence-corrected chi connectivity index (χ4v) is 8.07. The predicted octanol–water partition coefficient (Wildman–Crippen LogP) is 3.00. The van der Waals surface area contributed by atoms with Crippen molar-refractivity contribution < 1.29 is 59.2 Å². The van der Waals surface area contributed by atoms with E-state index in [1.54, 1.807) is 38.1 Å². The molecule has 15 nitrogen and oxygen atoms in total. The minimum Gasteiger partial charge on any atom is -0.422 e. The third kappa shape index (κ3) is 9.83. The Morgan fingerprint density at radius 2 is 1.39 bits per heavy atom. The average Bonchev–Trinajstić information content (AvgIpc) is 3.40. The molecule has 54 heavy (non-hydrogen) atoms. The van der Waals surface area contributed by atoms with Crippen molar-refractivity contribution in [3.05, 3.63) is 82.9 Å². The van der Waals surface area contributed by atoms with Gasteiger partial charge in [0.2, 0.25) is 21.1 Å². The van der Waals surface area contributed by atoms with E-state index in [1.807, 2.05) is 42.9 Å². The zero-order valence-electron chi connectivity index (χ0n) is 30.5. The van der Waals surface area contributed by atoms with Crippen molar-refractivity contribution in [3.63, 3.8) is 0 Å². The number of nitrogens with zero attached hydrogens (tertiary/aromatic N) is 3. The monoisotopic (exact) mass is 784 g/mol. The molecule has 2 heterocycles. The van der Waals surface area contributed by atoms with E-state index in [-0.39, 0.29) is 55.0 Å². The highest BCUT2D eigenvalue weighted by Gasteiger charge is 2.34. The molecule has 2 N–H and O–H groups in total. The van der Waals surface area contributed by atoms with Gasteiger partial charge >= 0.3 is 11.9 Å². The zero-order chi connectivity index (χ0) is 39.4. The Bertz CT molecular complexity index is 2260. The number of ether oxygens (including phenoxy) is 1. The third-order valence-corrected chi connectivity index (χ3v) is 11.5. The molecule has 4 aromatic rings. The van der Waals surface area contributed by atoms with Crippen molar-refractivity contribution in [1.29, 1.82) is 0 Å². The number of carbonyl (C=O) groups excluding carboxylic acids is 4. The number of esters is 1. The van der Waals surface area contributed by atoms with Crippen LogP contribution >= 0.6 is 0 Å². The SMILES string of the molecule is Cc1cc(C(=O)ON2C(=O)CCC2=O)cc(C)c1OC(=O)c1c2ccccc2[n+](CCCS(=O)(=O)NCC[N+](C)(C)CCCS(=O)(=O)O)c2ccccc12. The Kier molecular flexibility index (Phi) is 12.2. The van der Waals surface area contributed by atoms with Gasteiger partial charge in [-0.3, -0.25) is 14.1 Å². The fourth-order valence-electron chi connectivity index (χ4n) is 6.52. The third-order valence-electron chi connectivity index (χ3n) is 9.20. The second-order valence-corrected chi connectivity index (χ2v) is 17.4. The van der Waals surface area contributed by atoms with Crippen LogP contribution in [0.1, 0.15) is 57.5 Å². The smallest absolute Gasteiger partial charge is 0.363 e. The van der Waals surface area contributed by atoms with E-state index in [2.05, 4.69) is 4.72 Å². The highest BCUT2D eigenvalue weighted by atomic mass is 32.2. The number of imide groups is 1. The van der Waals surface area contributed by atoms with Crippen LogP contribution in [0.4, 0.5) is 0 Å². The number of sulfonamides is 1. The molecule has 0 radical (unpaired) electrons. The van der Waals surface area contributed by atoms with Crippen LogP contribution in [0.5, 0.6) is 5.75 Å². The number of quaternary nitrogens is 1. The van der Waals surface area contributed by atoms with Gasteiger partial charge in [0.05, 0.1) is 67.1 Å². The summed E-state index contributed by atoms with van der Waals surface area (Å²) >= 11 is 0. The number of fused-ring (bicyclic) bond motifs is 2. The van der Waals surface area contributed by atoms with Crippen molar-refractivity contribution in [1.82, 2.24) is 9.79 Å². The number of amides is 2. The quantitative estimate of drug-likeness (QED) is 0.0323. The Balaban J connectivity index is 1.32. The maximum Gasteiger partial charge on any atom is 0.363 e. The lowest BCUT2D eigenvalue weighted by Crippen LogP contribution is -2.46. The van der Waals surface area contributed by atoms with Crippen molar-refractivity contribution >= 4 is 65.7 Å².